The van der Waals surface area contributed by atoms with Crippen LogP contribution in [0.1, 0.15) is 17.0 Å². The quantitative estimate of drug-likeness (QED) is 0.763. The molecular weight excluding hydrogens is 378 g/mol. The van der Waals surface area contributed by atoms with Crippen molar-refractivity contribution in [2.45, 2.75) is 25.3 Å². The van der Waals surface area contributed by atoms with Crippen LogP contribution in [0.5, 0.6) is 0 Å². The zero-order valence-electron chi connectivity index (χ0n) is 16.6. The number of nitrogens with one attached hydrogen (secondary N) is 1. The second-order valence-corrected chi connectivity index (χ2v) is 8.94. The summed E-state index contributed by atoms with van der Waals surface area (Å²) in [6.07, 6.45) is 0. The normalized spacial score (nSPS) is 16.2. The maximum Gasteiger partial charge on any atom is 0.246 e. The Morgan fingerprint density at radius 2 is 1.75 bits per heavy atom. The van der Waals surface area contributed by atoms with Crippen LogP contribution < -0.4 is 5.32 Å². The molecule has 1 amide bonds. The molecule has 1 aromatic carbocycles. The van der Waals surface area contributed by atoms with Gasteiger partial charge >= 0.3 is 0 Å². The van der Waals surface area contributed by atoms with E-state index in [1.54, 1.807) is 25.6 Å². The van der Waals surface area contributed by atoms with Gasteiger partial charge < -0.3 is 5.32 Å². The first-order chi connectivity index (χ1) is 13.3. The van der Waals surface area contributed by atoms with Gasteiger partial charge in [-0.25, -0.2) is 8.42 Å². The number of amides is 1. The lowest BCUT2D eigenvalue weighted by atomic mass is 10.2. The summed E-state index contributed by atoms with van der Waals surface area (Å²) in [4.78, 5) is 14.5. The number of hydrogen-bond acceptors (Lipinski definition) is 5. The molecule has 8 nitrogen and oxygen atoms in total. The molecule has 1 N–H and O–H groups in total. The lowest BCUT2D eigenvalue weighted by molar-refractivity contribution is -0.122. The minimum atomic E-state index is -3.58. The highest BCUT2D eigenvalue weighted by Crippen LogP contribution is 2.23. The van der Waals surface area contributed by atoms with E-state index >= 15 is 0 Å². The molecule has 1 aliphatic rings. The van der Waals surface area contributed by atoms with Gasteiger partial charge in [0.15, 0.2) is 0 Å². The molecule has 1 aromatic heterocycles. The number of aryl methyl sites for hydroxylation is 2. The van der Waals surface area contributed by atoms with E-state index in [1.807, 2.05) is 35.2 Å². The number of carbonyl (C=O) groups excluding carboxylic acids is 1. The molecule has 152 valence electrons. The number of nitrogens with zero attached hydrogens (tertiary/aromatic N) is 4. The second kappa shape index (κ2) is 8.42. The molecule has 0 spiro atoms. The Morgan fingerprint density at radius 3 is 2.32 bits per heavy atom. The third-order valence-corrected chi connectivity index (χ3v) is 7.22. The van der Waals surface area contributed by atoms with Crippen molar-refractivity contribution in [2.24, 2.45) is 7.05 Å². The van der Waals surface area contributed by atoms with Gasteiger partial charge in [-0.1, -0.05) is 30.3 Å². The fourth-order valence-electron chi connectivity index (χ4n) is 3.44. The van der Waals surface area contributed by atoms with Crippen LogP contribution in [0.4, 0.5) is 0 Å². The largest absolute Gasteiger partial charge is 0.351 e. The zero-order chi connectivity index (χ0) is 20.3. The van der Waals surface area contributed by atoms with E-state index in [0.29, 0.717) is 49.0 Å². The molecule has 2 heterocycles. The van der Waals surface area contributed by atoms with Gasteiger partial charge in [0.05, 0.1) is 17.9 Å². The number of benzene rings is 1. The van der Waals surface area contributed by atoms with Gasteiger partial charge in [-0.3, -0.25) is 14.4 Å². The molecule has 0 unspecified atom stereocenters. The Bertz CT molecular complexity index is 932. The topological polar surface area (TPSA) is 87.5 Å². The van der Waals surface area contributed by atoms with E-state index < -0.39 is 10.0 Å². The average molecular weight is 406 g/mol. The third-order valence-electron chi connectivity index (χ3n) is 5.07. The first kappa shape index (κ1) is 20.5. The molecule has 0 atom stereocenters. The monoisotopic (exact) mass is 405 g/mol. The average Bonchev–Trinajstić information content (AvgIpc) is 2.93. The smallest absolute Gasteiger partial charge is 0.246 e. The van der Waals surface area contributed by atoms with Crippen molar-refractivity contribution >= 4 is 15.9 Å². The van der Waals surface area contributed by atoms with Gasteiger partial charge in [-0.05, 0) is 19.4 Å². The van der Waals surface area contributed by atoms with E-state index in [2.05, 4.69) is 10.4 Å². The maximum atomic E-state index is 13.0. The Hall–Kier alpha value is -2.23. The van der Waals surface area contributed by atoms with Gasteiger partial charge in [0.2, 0.25) is 15.9 Å². The van der Waals surface area contributed by atoms with Crippen LogP contribution in [0.15, 0.2) is 35.2 Å². The standard InChI is InChI=1S/C19H27N5O3S/c1-15-19(16(2)22(3)21-15)28(26,27)24-11-9-23(10-12-24)14-18(25)20-13-17-7-5-4-6-8-17/h4-8H,9-14H2,1-3H3,(H,20,25). The molecule has 0 bridgehead atoms. The molecular formula is C19H27N5O3S. The molecule has 0 saturated carbocycles. The summed E-state index contributed by atoms with van der Waals surface area (Å²) in [5.74, 6) is -0.0564. The number of rotatable bonds is 6. The first-order valence-corrected chi connectivity index (χ1v) is 10.8. The molecule has 28 heavy (non-hydrogen) atoms. The highest BCUT2D eigenvalue weighted by atomic mass is 32.2. The highest BCUT2D eigenvalue weighted by molar-refractivity contribution is 7.89. The van der Waals surface area contributed by atoms with Gasteiger partial charge in [0.25, 0.3) is 0 Å². The summed E-state index contributed by atoms with van der Waals surface area (Å²) in [6, 6.07) is 9.74. The van der Waals surface area contributed by atoms with E-state index in [-0.39, 0.29) is 12.5 Å². The van der Waals surface area contributed by atoms with E-state index in [1.165, 1.54) is 4.31 Å². The molecule has 0 radical (unpaired) electrons. The van der Waals surface area contributed by atoms with E-state index in [4.69, 9.17) is 0 Å². The van der Waals surface area contributed by atoms with E-state index in [0.717, 1.165) is 5.56 Å². The van der Waals surface area contributed by atoms with E-state index in [9.17, 15) is 13.2 Å². The molecule has 0 aliphatic carbocycles. The minimum absolute atomic E-state index is 0.0564. The predicted molar refractivity (Wildman–Crippen MR) is 106 cm³/mol. The van der Waals surface area contributed by atoms with Gasteiger partial charge in [0.1, 0.15) is 4.90 Å². The van der Waals surface area contributed by atoms with Crippen molar-refractivity contribution in [2.75, 3.05) is 32.7 Å². The number of sulfonamides is 1. The van der Waals surface area contributed by atoms with Crippen molar-refractivity contribution < 1.29 is 13.2 Å². The fraction of sp³-hybridized carbons (Fsp3) is 0.474. The van der Waals surface area contributed by atoms with Crippen LogP contribution in [-0.4, -0.2) is 66.0 Å². The van der Waals surface area contributed by atoms with Crippen molar-refractivity contribution in [3.63, 3.8) is 0 Å². The van der Waals surface area contributed by atoms with Crippen LogP contribution in [0.3, 0.4) is 0 Å². The summed E-state index contributed by atoms with van der Waals surface area (Å²) < 4.78 is 29.1. The molecule has 1 saturated heterocycles. The maximum absolute atomic E-state index is 13.0. The van der Waals surface area contributed by atoms with Crippen LogP contribution in [0.2, 0.25) is 0 Å². The van der Waals surface area contributed by atoms with Crippen molar-refractivity contribution in [3.05, 3.63) is 47.3 Å². The summed E-state index contributed by atoms with van der Waals surface area (Å²) >= 11 is 0. The summed E-state index contributed by atoms with van der Waals surface area (Å²) in [6.45, 7) is 6.02. The molecule has 1 aliphatic heterocycles. The van der Waals surface area contributed by atoms with Crippen LogP contribution in [0.25, 0.3) is 0 Å². The number of carbonyl (C=O) groups is 1. The molecule has 9 heteroatoms. The summed E-state index contributed by atoms with van der Waals surface area (Å²) in [5.41, 5.74) is 2.21. The summed E-state index contributed by atoms with van der Waals surface area (Å²) in [7, 11) is -1.83. The van der Waals surface area contributed by atoms with Crippen molar-refractivity contribution in [1.82, 2.24) is 24.3 Å². The number of hydrogen-bond donors (Lipinski definition) is 1. The third kappa shape index (κ3) is 4.43. The highest BCUT2D eigenvalue weighted by Gasteiger charge is 2.33. The van der Waals surface area contributed by atoms with Crippen molar-refractivity contribution in [1.29, 1.82) is 0 Å². The molecule has 3 rings (SSSR count). The van der Waals surface area contributed by atoms with Crippen LogP contribution in [-0.2, 0) is 28.4 Å². The molecule has 1 fully saturated rings. The minimum Gasteiger partial charge on any atom is -0.351 e. The molecule has 2 aromatic rings. The number of aromatic nitrogens is 2. The fourth-order valence-corrected chi connectivity index (χ4v) is 5.26. The number of piperazine rings is 1. The SMILES string of the molecule is Cc1nn(C)c(C)c1S(=O)(=O)N1CCN(CC(=O)NCc2ccccc2)CC1. The Morgan fingerprint density at radius 1 is 1.11 bits per heavy atom. The van der Waals surface area contributed by atoms with Gasteiger partial charge in [0, 0.05) is 39.8 Å². The van der Waals surface area contributed by atoms with Gasteiger partial charge in [-0.15, -0.1) is 0 Å². The zero-order valence-corrected chi connectivity index (χ0v) is 17.4. The van der Waals surface area contributed by atoms with Crippen LogP contribution >= 0.6 is 0 Å². The summed E-state index contributed by atoms with van der Waals surface area (Å²) in [5, 5.41) is 7.13. The van der Waals surface area contributed by atoms with Gasteiger partial charge in [-0.2, -0.15) is 9.40 Å². The Balaban J connectivity index is 1.53. The Labute approximate surface area is 166 Å². The first-order valence-electron chi connectivity index (χ1n) is 9.32. The predicted octanol–water partition coefficient (Wildman–Crippen LogP) is 0.660. The van der Waals surface area contributed by atoms with Crippen LogP contribution in [0, 0.1) is 13.8 Å². The Kier molecular flexibility index (Phi) is 6.17. The van der Waals surface area contributed by atoms with Crippen molar-refractivity contribution in [3.8, 4) is 0 Å². The lowest BCUT2D eigenvalue weighted by Gasteiger charge is -2.33. The lowest BCUT2D eigenvalue weighted by Crippen LogP contribution is -2.51. The second-order valence-electron chi connectivity index (χ2n) is 7.07.